The third-order valence-electron chi connectivity index (χ3n) is 5.76. The summed E-state index contributed by atoms with van der Waals surface area (Å²) in [7, 11) is 0. The second kappa shape index (κ2) is 7.82. The van der Waals surface area contributed by atoms with Crippen LogP contribution in [0.25, 0.3) is 0 Å². The minimum absolute atomic E-state index is 0.120. The maximum Gasteiger partial charge on any atom is 0.240 e. The Hall–Kier alpha value is -2.18. The fourth-order valence-corrected chi connectivity index (χ4v) is 4.90. The molecule has 4 rings (SSSR count). The number of carbonyl (C=O) groups is 2. The topological polar surface area (TPSA) is 52.7 Å². The van der Waals surface area contributed by atoms with Gasteiger partial charge in [0.25, 0.3) is 0 Å². The van der Waals surface area contributed by atoms with Gasteiger partial charge in [0, 0.05) is 37.6 Å². The molecule has 0 unspecified atom stereocenters. The maximum absolute atomic E-state index is 12.9. The molecule has 2 saturated heterocycles. The Bertz CT molecular complexity index is 783. The summed E-state index contributed by atoms with van der Waals surface area (Å²) in [6.45, 7) is 3.60. The number of likely N-dealkylation sites (tertiary alicyclic amines) is 1. The first-order chi connectivity index (χ1) is 13.2. The first-order valence-corrected chi connectivity index (χ1v) is 10.4. The average Bonchev–Trinajstić information content (AvgIpc) is 3.20. The summed E-state index contributed by atoms with van der Waals surface area (Å²) in [6.07, 6.45) is 1.86. The predicted molar refractivity (Wildman–Crippen MR) is 106 cm³/mol. The van der Waals surface area contributed by atoms with Crippen molar-refractivity contribution in [3.63, 3.8) is 0 Å². The highest BCUT2D eigenvalue weighted by Crippen LogP contribution is 2.32. The first-order valence-electron chi connectivity index (χ1n) is 9.55. The molecule has 1 spiro atoms. The van der Waals surface area contributed by atoms with Crippen molar-refractivity contribution in [2.75, 3.05) is 26.2 Å². The molecule has 0 radical (unpaired) electrons. The molecule has 2 fully saturated rings. The molecular weight excluding hydrogens is 358 g/mol. The molecular formula is C21H25N3O2S. The smallest absolute Gasteiger partial charge is 0.240 e. The lowest BCUT2D eigenvalue weighted by atomic mass is 9.82. The van der Waals surface area contributed by atoms with Gasteiger partial charge in [-0.15, -0.1) is 11.3 Å². The van der Waals surface area contributed by atoms with E-state index in [1.54, 1.807) is 11.3 Å². The van der Waals surface area contributed by atoms with E-state index in [-0.39, 0.29) is 11.8 Å². The van der Waals surface area contributed by atoms with Gasteiger partial charge in [0.05, 0.1) is 6.42 Å². The van der Waals surface area contributed by atoms with Crippen LogP contribution in [0.5, 0.6) is 0 Å². The van der Waals surface area contributed by atoms with Crippen LogP contribution in [0.3, 0.4) is 0 Å². The number of nitrogens with zero attached hydrogens (tertiary/aromatic N) is 2. The van der Waals surface area contributed by atoms with E-state index in [2.05, 4.69) is 22.3 Å². The Balaban J connectivity index is 1.44. The Morgan fingerprint density at radius 3 is 2.56 bits per heavy atom. The number of nitrogens with one attached hydrogen (secondary N) is 1. The normalized spacial score (nSPS) is 19.9. The van der Waals surface area contributed by atoms with Crippen molar-refractivity contribution >= 4 is 23.2 Å². The third-order valence-corrected chi connectivity index (χ3v) is 6.64. The molecule has 2 amide bonds. The molecule has 2 aromatic rings. The van der Waals surface area contributed by atoms with Gasteiger partial charge in [0.2, 0.25) is 11.8 Å². The summed E-state index contributed by atoms with van der Waals surface area (Å²) >= 11 is 1.62. The van der Waals surface area contributed by atoms with Crippen LogP contribution >= 0.6 is 11.3 Å². The van der Waals surface area contributed by atoms with Crippen molar-refractivity contribution in [2.45, 2.75) is 31.3 Å². The van der Waals surface area contributed by atoms with Crippen LogP contribution in [0.1, 0.15) is 23.3 Å². The zero-order valence-electron chi connectivity index (χ0n) is 15.4. The number of carbonyl (C=O) groups excluding carboxylic acids is 2. The van der Waals surface area contributed by atoms with Gasteiger partial charge < -0.3 is 10.2 Å². The van der Waals surface area contributed by atoms with E-state index in [0.29, 0.717) is 38.9 Å². The summed E-state index contributed by atoms with van der Waals surface area (Å²) in [6, 6.07) is 14.3. The molecule has 0 saturated carbocycles. The summed E-state index contributed by atoms with van der Waals surface area (Å²) < 4.78 is 0. The zero-order chi connectivity index (χ0) is 18.7. The molecule has 0 atom stereocenters. The van der Waals surface area contributed by atoms with Crippen molar-refractivity contribution < 1.29 is 9.59 Å². The van der Waals surface area contributed by atoms with Crippen LogP contribution in [0.15, 0.2) is 47.8 Å². The molecule has 0 aliphatic carbocycles. The summed E-state index contributed by atoms with van der Waals surface area (Å²) in [4.78, 5) is 30.8. The van der Waals surface area contributed by atoms with E-state index in [0.717, 1.165) is 18.0 Å². The lowest BCUT2D eigenvalue weighted by Gasteiger charge is -2.50. The molecule has 5 nitrogen and oxygen atoms in total. The minimum atomic E-state index is -0.492. The Morgan fingerprint density at radius 1 is 1.07 bits per heavy atom. The number of thiophene rings is 1. The van der Waals surface area contributed by atoms with Gasteiger partial charge in [0.15, 0.2) is 0 Å². The zero-order valence-corrected chi connectivity index (χ0v) is 16.2. The second-order valence-electron chi connectivity index (χ2n) is 7.33. The van der Waals surface area contributed by atoms with Crippen LogP contribution in [-0.2, 0) is 22.6 Å². The quantitative estimate of drug-likeness (QED) is 0.881. The number of benzene rings is 1. The third kappa shape index (κ3) is 3.77. The summed E-state index contributed by atoms with van der Waals surface area (Å²) in [5, 5.41) is 5.06. The summed E-state index contributed by atoms with van der Waals surface area (Å²) in [5.41, 5.74) is 0.733. The molecule has 1 N–H and O–H groups in total. The SMILES string of the molecule is O=C(Cc1cccs1)N1CCC2(CC1)C(=O)NCCN2Cc1ccccc1. The Kier molecular flexibility index (Phi) is 5.27. The van der Waals surface area contributed by atoms with Gasteiger partial charge >= 0.3 is 0 Å². The molecule has 1 aromatic heterocycles. The van der Waals surface area contributed by atoms with Crippen LogP contribution in [-0.4, -0.2) is 53.3 Å². The van der Waals surface area contributed by atoms with E-state index in [4.69, 9.17) is 0 Å². The predicted octanol–water partition coefficient (Wildman–Crippen LogP) is 2.28. The van der Waals surface area contributed by atoms with Crippen molar-refractivity contribution in [3.05, 3.63) is 58.3 Å². The van der Waals surface area contributed by atoms with Gasteiger partial charge in [-0.05, 0) is 29.9 Å². The van der Waals surface area contributed by atoms with Crippen LogP contribution in [0.4, 0.5) is 0 Å². The van der Waals surface area contributed by atoms with E-state index in [1.807, 2.05) is 40.6 Å². The highest BCUT2D eigenvalue weighted by molar-refractivity contribution is 7.10. The number of hydrogen-bond donors (Lipinski definition) is 1. The minimum Gasteiger partial charge on any atom is -0.353 e. The van der Waals surface area contributed by atoms with Crippen LogP contribution in [0.2, 0.25) is 0 Å². The molecule has 142 valence electrons. The van der Waals surface area contributed by atoms with E-state index < -0.39 is 5.54 Å². The van der Waals surface area contributed by atoms with Crippen molar-refractivity contribution in [1.82, 2.24) is 15.1 Å². The van der Waals surface area contributed by atoms with Gasteiger partial charge in [-0.2, -0.15) is 0 Å². The van der Waals surface area contributed by atoms with Crippen molar-refractivity contribution in [1.29, 1.82) is 0 Å². The molecule has 2 aliphatic heterocycles. The Labute approximate surface area is 164 Å². The van der Waals surface area contributed by atoms with Gasteiger partial charge in [-0.3, -0.25) is 14.5 Å². The van der Waals surface area contributed by atoms with Crippen LogP contribution in [0, 0.1) is 0 Å². The van der Waals surface area contributed by atoms with Crippen LogP contribution < -0.4 is 5.32 Å². The highest BCUT2D eigenvalue weighted by Gasteiger charge is 2.48. The lowest BCUT2D eigenvalue weighted by molar-refractivity contribution is -0.146. The highest BCUT2D eigenvalue weighted by atomic mass is 32.1. The Morgan fingerprint density at radius 2 is 1.85 bits per heavy atom. The maximum atomic E-state index is 12.9. The van der Waals surface area contributed by atoms with E-state index >= 15 is 0 Å². The lowest BCUT2D eigenvalue weighted by Crippen LogP contribution is -2.68. The number of rotatable bonds is 4. The van der Waals surface area contributed by atoms with E-state index in [9.17, 15) is 9.59 Å². The molecule has 1 aromatic carbocycles. The number of piperidine rings is 1. The number of hydrogen-bond acceptors (Lipinski definition) is 4. The monoisotopic (exact) mass is 383 g/mol. The molecule has 27 heavy (non-hydrogen) atoms. The largest absolute Gasteiger partial charge is 0.353 e. The van der Waals surface area contributed by atoms with E-state index in [1.165, 1.54) is 5.56 Å². The standard InChI is InChI=1S/C21H25N3O2S/c25-19(15-18-7-4-14-27-18)23-11-8-21(9-12-23)20(26)22-10-13-24(21)16-17-5-2-1-3-6-17/h1-7,14H,8-13,15-16H2,(H,22,26). The van der Waals surface area contributed by atoms with Crippen molar-refractivity contribution in [2.24, 2.45) is 0 Å². The fourth-order valence-electron chi connectivity index (χ4n) is 4.20. The first kappa shape index (κ1) is 18.2. The van der Waals surface area contributed by atoms with Crippen molar-refractivity contribution in [3.8, 4) is 0 Å². The molecule has 6 heteroatoms. The van der Waals surface area contributed by atoms with Gasteiger partial charge in [-0.1, -0.05) is 36.4 Å². The number of amides is 2. The average molecular weight is 384 g/mol. The fraction of sp³-hybridized carbons (Fsp3) is 0.429. The summed E-state index contributed by atoms with van der Waals surface area (Å²) in [5.74, 6) is 0.285. The van der Waals surface area contributed by atoms with Gasteiger partial charge in [0.1, 0.15) is 5.54 Å². The molecule has 0 bridgehead atoms. The van der Waals surface area contributed by atoms with Gasteiger partial charge in [-0.25, -0.2) is 0 Å². The second-order valence-corrected chi connectivity index (χ2v) is 8.36. The molecule has 2 aliphatic rings. The number of piperazine rings is 1. The molecule has 3 heterocycles.